The summed E-state index contributed by atoms with van der Waals surface area (Å²) in [5.74, 6) is 0.621. The van der Waals surface area contributed by atoms with Gasteiger partial charge in [-0.25, -0.2) is 0 Å². The van der Waals surface area contributed by atoms with Gasteiger partial charge in [-0.1, -0.05) is 43.3 Å². The van der Waals surface area contributed by atoms with E-state index < -0.39 is 20.2 Å². The van der Waals surface area contributed by atoms with Gasteiger partial charge in [0.25, 0.3) is 0 Å². The summed E-state index contributed by atoms with van der Waals surface area (Å²) >= 11 is -2.50. The third-order valence-electron chi connectivity index (χ3n) is 2.05. The maximum absolute atomic E-state index is 9.75. The van der Waals surface area contributed by atoms with Crippen LogP contribution in [0, 0.1) is 0 Å². The molecule has 0 fully saturated rings. The first kappa shape index (κ1) is 10.6. The van der Waals surface area contributed by atoms with Crippen LogP contribution in [0.3, 0.4) is 0 Å². The van der Waals surface area contributed by atoms with Gasteiger partial charge in [-0.15, -0.1) is 0 Å². The van der Waals surface area contributed by atoms with Crippen LogP contribution in [0.2, 0.25) is 0 Å². The van der Waals surface area contributed by atoms with Crippen LogP contribution in [0.4, 0.5) is 6.18 Å². The Hall–Kier alpha value is -0.466. The fraction of sp³-hybridized carbons (Fsp3) is 0.200. The van der Waals surface area contributed by atoms with Crippen molar-refractivity contribution in [1.82, 2.24) is 0 Å². The van der Waals surface area contributed by atoms with Gasteiger partial charge in [-0.2, -0.15) is 0 Å². The number of benzene rings is 1. The summed E-state index contributed by atoms with van der Waals surface area (Å²) in [6.45, 7) is 2.22. The second-order valence-electron chi connectivity index (χ2n) is 2.85. The van der Waals surface area contributed by atoms with Crippen molar-refractivity contribution in [2.75, 3.05) is 0 Å². The summed E-state index contributed by atoms with van der Waals surface area (Å²) < 4.78 is 19.5. The molecule has 0 heterocycles. The summed E-state index contributed by atoms with van der Waals surface area (Å²) in [6.07, 6.45) is 4.44. The van der Waals surface area contributed by atoms with Gasteiger partial charge in [0.1, 0.15) is 0 Å². The minimum absolute atomic E-state index is 0.621. The average molecular weight is 216 g/mol. The molecule has 1 aliphatic rings. The fourth-order valence-corrected chi connectivity index (χ4v) is 1.43. The molecule has 1 aliphatic carbocycles. The van der Waals surface area contributed by atoms with Crippen LogP contribution in [-0.2, 0) is 20.2 Å². The Labute approximate surface area is 86.9 Å². The molecule has 0 amide bonds. The van der Waals surface area contributed by atoms with Gasteiger partial charge in [0, 0.05) is 0 Å². The number of rotatable bonds is 0. The molecule has 0 saturated carbocycles. The normalized spacial score (nSPS) is 17.3. The van der Waals surface area contributed by atoms with Gasteiger partial charge in [0.2, 0.25) is 0 Å². The van der Waals surface area contributed by atoms with E-state index in [1.165, 1.54) is 11.1 Å². The molecule has 0 spiro atoms. The number of fused-ring (bicyclic) bond motifs is 1. The number of allylic oxidation sites excluding steroid dienone is 1. The van der Waals surface area contributed by atoms with Gasteiger partial charge in [-0.05, 0) is 17.0 Å². The second-order valence-corrected chi connectivity index (χ2v) is 3.07. The third-order valence-corrected chi connectivity index (χ3v) is 2.05. The number of hydrogen-bond acceptors (Lipinski definition) is 0. The number of halogens is 2. The van der Waals surface area contributed by atoms with Gasteiger partial charge in [0.15, 0.2) is 0 Å². The molecule has 1 aromatic carbocycles. The molecule has 0 saturated heterocycles. The predicted molar refractivity (Wildman–Crippen MR) is 46.1 cm³/mol. The zero-order valence-corrected chi connectivity index (χ0v) is 8.86. The Balaban J connectivity index is 0.000000251. The van der Waals surface area contributed by atoms with Crippen molar-refractivity contribution in [3.05, 3.63) is 41.5 Å². The molecular weight excluding hydrogens is 206 g/mol. The first-order valence-electron chi connectivity index (χ1n) is 4.03. The first-order valence-corrected chi connectivity index (χ1v) is 5.21. The van der Waals surface area contributed by atoms with Crippen molar-refractivity contribution in [1.29, 1.82) is 0 Å². The quantitative estimate of drug-likeness (QED) is 0.580. The van der Waals surface area contributed by atoms with Crippen LogP contribution in [0.15, 0.2) is 30.3 Å². The van der Waals surface area contributed by atoms with E-state index in [2.05, 4.69) is 43.3 Å². The van der Waals surface area contributed by atoms with Gasteiger partial charge >= 0.3 is 26.4 Å². The summed E-state index contributed by atoms with van der Waals surface area (Å²) in [7, 11) is 0. The molecule has 1 atom stereocenters. The molecule has 0 bridgehead atoms. The molecule has 68 valence electrons. The molecule has 13 heavy (non-hydrogen) atoms. The topological polar surface area (TPSA) is 0 Å². The van der Waals surface area contributed by atoms with Crippen LogP contribution in [-0.4, -0.2) is 0 Å². The monoisotopic (exact) mass is 216 g/mol. The van der Waals surface area contributed by atoms with Crippen LogP contribution in [0.1, 0.15) is 24.0 Å². The van der Waals surface area contributed by atoms with Crippen molar-refractivity contribution < 1.29 is 26.4 Å². The third kappa shape index (κ3) is 2.75. The van der Waals surface area contributed by atoms with E-state index in [1.807, 2.05) is 0 Å². The van der Waals surface area contributed by atoms with Crippen molar-refractivity contribution in [2.45, 2.75) is 12.8 Å². The van der Waals surface area contributed by atoms with E-state index in [-0.39, 0.29) is 0 Å². The molecule has 1 unspecified atom stereocenters. The molecule has 1 aromatic rings. The van der Waals surface area contributed by atoms with E-state index in [0.717, 1.165) is 0 Å². The summed E-state index contributed by atoms with van der Waals surface area (Å²) in [4.78, 5) is 0. The molecule has 0 N–H and O–H groups in total. The first-order chi connectivity index (χ1) is 6.29. The Bertz CT molecular complexity index is 297. The Morgan fingerprint density at radius 1 is 1.23 bits per heavy atom. The predicted octanol–water partition coefficient (Wildman–Crippen LogP) is 3.65. The Morgan fingerprint density at radius 2 is 1.85 bits per heavy atom. The standard InChI is InChI=1S/C10H10.2FH.Ti/c1-8-6-7-9-4-2-3-5-10(8)9;;;/h2-8H,1H3;2*1H;/q;;;+2/p-2. The second kappa shape index (κ2) is 5.30. The van der Waals surface area contributed by atoms with Gasteiger partial charge < -0.3 is 0 Å². The van der Waals surface area contributed by atoms with Crippen molar-refractivity contribution >= 4 is 6.08 Å². The Kier molecular flexibility index (Phi) is 4.33. The zero-order chi connectivity index (χ0) is 9.68. The number of hydrogen-bond donors (Lipinski definition) is 0. The fourth-order valence-electron chi connectivity index (χ4n) is 1.43. The van der Waals surface area contributed by atoms with Crippen LogP contribution in [0.5, 0.6) is 0 Å². The van der Waals surface area contributed by atoms with Crippen molar-refractivity contribution in [2.24, 2.45) is 0 Å². The molecule has 0 aromatic heterocycles. The summed E-state index contributed by atoms with van der Waals surface area (Å²) in [5.41, 5.74) is 2.84. The van der Waals surface area contributed by atoms with Crippen LogP contribution < -0.4 is 0 Å². The van der Waals surface area contributed by atoms with E-state index in [4.69, 9.17) is 0 Å². The van der Waals surface area contributed by atoms with Gasteiger partial charge in [0.05, 0.1) is 0 Å². The summed E-state index contributed by atoms with van der Waals surface area (Å²) in [5, 5.41) is 0. The molecule has 0 nitrogen and oxygen atoms in total. The van der Waals surface area contributed by atoms with Gasteiger partial charge in [-0.3, -0.25) is 0 Å². The van der Waals surface area contributed by atoms with E-state index in [0.29, 0.717) is 5.92 Å². The zero-order valence-electron chi connectivity index (χ0n) is 7.30. The molecular formula is C10H10F2Ti. The summed E-state index contributed by atoms with van der Waals surface area (Å²) in [6, 6.07) is 8.54. The molecule has 0 radical (unpaired) electrons. The van der Waals surface area contributed by atoms with Crippen LogP contribution in [0.25, 0.3) is 6.08 Å². The maximum atomic E-state index is 9.75. The van der Waals surface area contributed by atoms with E-state index in [1.54, 1.807) is 0 Å². The SMILES string of the molecule is CC1C=Cc2ccccc21.[F][Ti][F]. The molecule has 0 aliphatic heterocycles. The molecule has 2 rings (SSSR count). The Morgan fingerprint density at radius 3 is 2.46 bits per heavy atom. The van der Waals surface area contributed by atoms with E-state index >= 15 is 0 Å². The minimum atomic E-state index is -2.50. The van der Waals surface area contributed by atoms with Crippen molar-refractivity contribution in [3.63, 3.8) is 0 Å². The average Bonchev–Trinajstić information content (AvgIpc) is 2.50. The molecule has 3 heteroatoms. The van der Waals surface area contributed by atoms with Crippen LogP contribution >= 0.6 is 0 Å². The van der Waals surface area contributed by atoms with Crippen molar-refractivity contribution in [3.8, 4) is 0 Å². The van der Waals surface area contributed by atoms with E-state index in [9.17, 15) is 6.18 Å².